The molecule has 0 radical (unpaired) electrons. The molecule has 0 aliphatic heterocycles. The first-order valence-electron chi connectivity index (χ1n) is 5.34. The maximum Gasteiger partial charge on any atom is 0.133 e. The second kappa shape index (κ2) is 5.32. The summed E-state index contributed by atoms with van der Waals surface area (Å²) >= 11 is 11.4. The summed E-state index contributed by atoms with van der Waals surface area (Å²) in [7, 11) is 0. The first-order valence-corrected chi connectivity index (χ1v) is 7.56. The smallest absolute Gasteiger partial charge is 0.133 e. The molecule has 1 fully saturated rings. The minimum atomic E-state index is 0.315. The van der Waals surface area contributed by atoms with Gasteiger partial charge in [0.05, 0.1) is 11.1 Å². The molecule has 1 aliphatic rings. The van der Waals surface area contributed by atoms with Gasteiger partial charge in [-0.15, -0.1) is 0 Å². The van der Waals surface area contributed by atoms with Gasteiger partial charge in [-0.2, -0.15) is 12.6 Å². The molecule has 0 amide bonds. The molecule has 1 aliphatic carbocycles. The van der Waals surface area contributed by atoms with Crippen LogP contribution in [-0.2, 0) is 0 Å². The lowest BCUT2D eigenvalue weighted by Crippen LogP contribution is -2.37. The van der Waals surface area contributed by atoms with Crippen molar-refractivity contribution >= 4 is 44.5 Å². The second-order valence-corrected chi connectivity index (χ2v) is 6.46. The molecule has 2 rings (SSSR count). The highest BCUT2D eigenvalue weighted by atomic mass is 79.9. The third-order valence-electron chi connectivity index (χ3n) is 3.18. The predicted octanol–water partition coefficient (Wildman–Crippen LogP) is 4.69. The van der Waals surface area contributed by atoms with Gasteiger partial charge in [-0.1, -0.05) is 22.4 Å². The molecule has 0 saturated heterocycles. The molecule has 0 spiro atoms. The molecule has 0 bridgehead atoms. The van der Waals surface area contributed by atoms with Crippen molar-refractivity contribution in [1.29, 1.82) is 0 Å². The first-order chi connectivity index (χ1) is 7.65. The SMILES string of the molecule is SCC1(COc2ccc(Br)cc2Br)CCC1. The number of ether oxygens (including phenoxy) is 1. The van der Waals surface area contributed by atoms with Crippen LogP contribution in [0.4, 0.5) is 0 Å². The molecule has 1 aromatic rings. The highest BCUT2D eigenvalue weighted by molar-refractivity contribution is 9.11. The quantitative estimate of drug-likeness (QED) is 0.761. The van der Waals surface area contributed by atoms with Gasteiger partial charge in [0.25, 0.3) is 0 Å². The number of rotatable bonds is 4. The highest BCUT2D eigenvalue weighted by Crippen LogP contribution is 2.42. The predicted molar refractivity (Wildman–Crippen MR) is 77.5 cm³/mol. The molecule has 0 heterocycles. The van der Waals surface area contributed by atoms with Crippen LogP contribution in [0.3, 0.4) is 0 Å². The molecule has 0 atom stereocenters. The molecule has 0 unspecified atom stereocenters. The largest absolute Gasteiger partial charge is 0.492 e. The van der Waals surface area contributed by atoms with Crippen LogP contribution in [0.15, 0.2) is 27.1 Å². The standard InChI is InChI=1S/C12H14Br2OS/c13-9-2-3-11(10(14)6-9)15-7-12(8-16)4-1-5-12/h2-3,6,16H,1,4-5,7-8H2. The maximum atomic E-state index is 5.87. The summed E-state index contributed by atoms with van der Waals surface area (Å²) in [6, 6.07) is 5.98. The van der Waals surface area contributed by atoms with Gasteiger partial charge in [0.1, 0.15) is 5.75 Å². The molecule has 4 heteroatoms. The van der Waals surface area contributed by atoms with E-state index in [1.807, 2.05) is 18.2 Å². The van der Waals surface area contributed by atoms with Gasteiger partial charge in [0.2, 0.25) is 0 Å². The Hall–Kier alpha value is 0.330. The molecule has 1 saturated carbocycles. The topological polar surface area (TPSA) is 9.23 Å². The van der Waals surface area contributed by atoms with E-state index in [4.69, 9.17) is 4.74 Å². The van der Waals surface area contributed by atoms with Crippen LogP contribution in [0.2, 0.25) is 0 Å². The fourth-order valence-corrected chi connectivity index (χ4v) is 3.42. The van der Waals surface area contributed by atoms with Crippen molar-refractivity contribution in [1.82, 2.24) is 0 Å². The lowest BCUT2D eigenvalue weighted by molar-refractivity contribution is 0.0825. The molecule has 1 aromatic carbocycles. The molecular formula is C12H14Br2OS. The molecule has 88 valence electrons. The van der Waals surface area contributed by atoms with Crippen molar-refractivity contribution < 1.29 is 4.74 Å². The van der Waals surface area contributed by atoms with Crippen LogP contribution in [0.1, 0.15) is 19.3 Å². The minimum Gasteiger partial charge on any atom is -0.492 e. The van der Waals surface area contributed by atoms with E-state index in [2.05, 4.69) is 44.5 Å². The van der Waals surface area contributed by atoms with E-state index in [0.717, 1.165) is 27.1 Å². The van der Waals surface area contributed by atoms with Crippen molar-refractivity contribution in [3.8, 4) is 5.75 Å². The summed E-state index contributed by atoms with van der Waals surface area (Å²) in [6.45, 7) is 0.775. The number of hydrogen-bond donors (Lipinski definition) is 1. The van der Waals surface area contributed by atoms with Crippen LogP contribution in [0.5, 0.6) is 5.75 Å². The Morgan fingerprint density at radius 3 is 2.56 bits per heavy atom. The van der Waals surface area contributed by atoms with Gasteiger partial charge in [0, 0.05) is 9.89 Å². The van der Waals surface area contributed by atoms with Crippen molar-refractivity contribution in [2.24, 2.45) is 5.41 Å². The van der Waals surface area contributed by atoms with Gasteiger partial charge in [-0.3, -0.25) is 0 Å². The zero-order valence-corrected chi connectivity index (χ0v) is 12.9. The molecule has 0 aromatic heterocycles. The van der Waals surface area contributed by atoms with Gasteiger partial charge in [0.15, 0.2) is 0 Å². The summed E-state index contributed by atoms with van der Waals surface area (Å²) < 4.78 is 7.92. The third kappa shape index (κ3) is 2.77. The number of halogens is 2. The van der Waals surface area contributed by atoms with Crippen molar-refractivity contribution in [2.75, 3.05) is 12.4 Å². The van der Waals surface area contributed by atoms with Crippen LogP contribution in [0, 0.1) is 5.41 Å². The number of thiol groups is 1. The second-order valence-electron chi connectivity index (χ2n) is 4.38. The van der Waals surface area contributed by atoms with Crippen molar-refractivity contribution in [3.63, 3.8) is 0 Å². The van der Waals surface area contributed by atoms with Crippen LogP contribution in [0.25, 0.3) is 0 Å². The Morgan fingerprint density at radius 2 is 2.06 bits per heavy atom. The van der Waals surface area contributed by atoms with E-state index in [-0.39, 0.29) is 0 Å². The first kappa shape index (κ1) is 12.8. The maximum absolute atomic E-state index is 5.87. The van der Waals surface area contributed by atoms with Crippen molar-refractivity contribution in [2.45, 2.75) is 19.3 Å². The van der Waals surface area contributed by atoms with Gasteiger partial charge in [-0.25, -0.2) is 0 Å². The fraction of sp³-hybridized carbons (Fsp3) is 0.500. The summed E-state index contributed by atoms with van der Waals surface area (Å²) in [4.78, 5) is 0. The highest BCUT2D eigenvalue weighted by Gasteiger charge is 2.36. The summed E-state index contributed by atoms with van der Waals surface area (Å²) in [5, 5.41) is 0. The Morgan fingerprint density at radius 1 is 1.31 bits per heavy atom. The molecular weight excluding hydrogens is 352 g/mol. The number of hydrogen-bond acceptors (Lipinski definition) is 2. The van der Waals surface area contributed by atoms with E-state index >= 15 is 0 Å². The lowest BCUT2D eigenvalue weighted by atomic mass is 9.71. The molecule has 0 N–H and O–H groups in total. The van der Waals surface area contributed by atoms with Gasteiger partial charge >= 0.3 is 0 Å². The van der Waals surface area contributed by atoms with Gasteiger partial charge in [-0.05, 0) is 52.7 Å². The normalized spacial score (nSPS) is 17.9. The van der Waals surface area contributed by atoms with E-state index in [1.165, 1.54) is 19.3 Å². The minimum absolute atomic E-state index is 0.315. The van der Waals surface area contributed by atoms with Crippen LogP contribution < -0.4 is 4.74 Å². The Kier molecular flexibility index (Phi) is 4.25. The average Bonchev–Trinajstić information content (AvgIpc) is 2.19. The zero-order valence-electron chi connectivity index (χ0n) is 8.88. The summed E-state index contributed by atoms with van der Waals surface area (Å²) in [5.74, 6) is 1.83. The fourth-order valence-electron chi connectivity index (χ4n) is 1.85. The Balaban J connectivity index is 1.99. The lowest BCUT2D eigenvalue weighted by Gasteiger charge is -2.40. The zero-order chi connectivity index (χ0) is 11.6. The van der Waals surface area contributed by atoms with E-state index in [9.17, 15) is 0 Å². The Bertz CT molecular complexity index is 372. The summed E-state index contributed by atoms with van der Waals surface area (Å²) in [5.41, 5.74) is 0.315. The van der Waals surface area contributed by atoms with Crippen LogP contribution >= 0.6 is 44.5 Å². The average molecular weight is 366 g/mol. The van der Waals surface area contributed by atoms with E-state index in [0.29, 0.717) is 5.41 Å². The number of benzene rings is 1. The van der Waals surface area contributed by atoms with E-state index in [1.54, 1.807) is 0 Å². The van der Waals surface area contributed by atoms with Gasteiger partial charge < -0.3 is 4.74 Å². The van der Waals surface area contributed by atoms with Crippen LogP contribution in [-0.4, -0.2) is 12.4 Å². The molecule has 16 heavy (non-hydrogen) atoms. The Labute approximate surface area is 119 Å². The third-order valence-corrected chi connectivity index (χ3v) is 4.96. The van der Waals surface area contributed by atoms with E-state index < -0.39 is 0 Å². The monoisotopic (exact) mass is 364 g/mol. The molecule has 1 nitrogen and oxygen atoms in total. The summed E-state index contributed by atoms with van der Waals surface area (Å²) in [6.07, 6.45) is 3.79. The van der Waals surface area contributed by atoms with Crippen molar-refractivity contribution in [3.05, 3.63) is 27.1 Å².